The van der Waals surface area contributed by atoms with Crippen LogP contribution in [0.1, 0.15) is 38.7 Å². The standard InChI is InChI=1S/C24H27N7.C2H6S/c1-15(2)18-5-6-21(31-10-8-16(31)3)20-13-26-23(11-19(18)20)28-22-7-9-25-24(29-22)17-12-27-30(4)14-17;1-3-2/h5-7,9,11-16H,8,10H2,1-4H3,(H,25,26,28,29);1-2H3. The number of pyridine rings is 1. The van der Waals surface area contributed by atoms with E-state index in [0.717, 1.165) is 17.9 Å². The highest BCUT2D eigenvalue weighted by Crippen LogP contribution is 2.37. The van der Waals surface area contributed by atoms with E-state index in [1.54, 1.807) is 28.8 Å². The molecule has 8 heteroatoms. The number of aryl methyl sites for hydroxylation is 1. The molecule has 5 rings (SSSR count). The minimum atomic E-state index is 0.428. The summed E-state index contributed by atoms with van der Waals surface area (Å²) in [6.45, 7) is 7.86. The Balaban J connectivity index is 0.000000868. The van der Waals surface area contributed by atoms with Crippen molar-refractivity contribution in [2.75, 3.05) is 29.3 Å². The van der Waals surface area contributed by atoms with Crippen molar-refractivity contribution in [1.29, 1.82) is 0 Å². The first-order chi connectivity index (χ1) is 16.4. The van der Waals surface area contributed by atoms with Crippen LogP contribution >= 0.6 is 11.8 Å². The molecular weight excluding hydrogens is 442 g/mol. The molecule has 1 N–H and O–H groups in total. The molecular formula is C26H33N7S. The van der Waals surface area contributed by atoms with Gasteiger partial charge in [-0.25, -0.2) is 15.0 Å². The maximum Gasteiger partial charge on any atom is 0.164 e. The summed E-state index contributed by atoms with van der Waals surface area (Å²) in [4.78, 5) is 16.2. The lowest BCUT2D eigenvalue weighted by Gasteiger charge is -2.41. The van der Waals surface area contributed by atoms with Crippen molar-refractivity contribution in [3.05, 3.63) is 54.6 Å². The van der Waals surface area contributed by atoms with Gasteiger partial charge in [0.15, 0.2) is 5.82 Å². The fourth-order valence-corrected chi connectivity index (χ4v) is 4.18. The Morgan fingerprint density at radius 2 is 1.85 bits per heavy atom. The van der Waals surface area contributed by atoms with E-state index in [1.807, 2.05) is 38.0 Å². The van der Waals surface area contributed by atoms with Crippen LogP contribution in [0.2, 0.25) is 0 Å². The van der Waals surface area contributed by atoms with Crippen LogP contribution in [0, 0.1) is 0 Å². The molecule has 0 amide bonds. The van der Waals surface area contributed by atoms with Crippen LogP contribution in [0.5, 0.6) is 0 Å². The summed E-state index contributed by atoms with van der Waals surface area (Å²) in [5.41, 5.74) is 3.49. The van der Waals surface area contributed by atoms with Crippen LogP contribution < -0.4 is 10.2 Å². The third-order valence-electron chi connectivity index (χ3n) is 6.04. The molecule has 0 saturated carbocycles. The smallest absolute Gasteiger partial charge is 0.164 e. The number of rotatable bonds is 5. The molecule has 1 fully saturated rings. The molecule has 4 heterocycles. The van der Waals surface area contributed by atoms with Crippen molar-refractivity contribution >= 4 is 39.9 Å². The molecule has 1 atom stereocenters. The Kier molecular flexibility index (Phi) is 7.36. The van der Waals surface area contributed by atoms with Crippen molar-refractivity contribution in [1.82, 2.24) is 24.7 Å². The second-order valence-corrected chi connectivity index (χ2v) is 9.79. The molecule has 4 aromatic rings. The number of benzene rings is 1. The van der Waals surface area contributed by atoms with Gasteiger partial charge in [-0.1, -0.05) is 19.9 Å². The fraction of sp³-hybridized carbons (Fsp3) is 0.385. The maximum absolute atomic E-state index is 4.72. The zero-order chi connectivity index (χ0) is 24.2. The van der Waals surface area contributed by atoms with Gasteiger partial charge in [0.1, 0.15) is 11.6 Å². The first-order valence-corrected chi connectivity index (χ1v) is 13.2. The number of nitrogens with zero attached hydrogens (tertiary/aromatic N) is 6. The Labute approximate surface area is 206 Å². The first-order valence-electron chi connectivity index (χ1n) is 11.6. The Hall–Kier alpha value is -3.13. The van der Waals surface area contributed by atoms with Crippen LogP contribution in [-0.4, -0.2) is 49.8 Å². The molecule has 7 nitrogen and oxygen atoms in total. The van der Waals surface area contributed by atoms with Gasteiger partial charge in [0.05, 0.1) is 11.8 Å². The number of thioether (sulfide) groups is 1. The highest BCUT2D eigenvalue weighted by atomic mass is 32.2. The average molecular weight is 476 g/mol. The average Bonchev–Trinajstić information content (AvgIpc) is 3.25. The third-order valence-corrected chi connectivity index (χ3v) is 6.04. The predicted molar refractivity (Wildman–Crippen MR) is 144 cm³/mol. The molecule has 0 aliphatic carbocycles. The largest absolute Gasteiger partial charge is 0.368 e. The minimum absolute atomic E-state index is 0.428. The molecule has 1 saturated heterocycles. The Bertz CT molecular complexity index is 1270. The van der Waals surface area contributed by atoms with Gasteiger partial charge < -0.3 is 10.2 Å². The van der Waals surface area contributed by atoms with Gasteiger partial charge in [0.25, 0.3) is 0 Å². The molecule has 1 aliphatic heterocycles. The van der Waals surface area contributed by atoms with Crippen LogP contribution in [-0.2, 0) is 7.05 Å². The molecule has 0 radical (unpaired) electrons. The van der Waals surface area contributed by atoms with Gasteiger partial charge in [0, 0.05) is 49.3 Å². The van der Waals surface area contributed by atoms with E-state index in [2.05, 4.69) is 64.3 Å². The van der Waals surface area contributed by atoms with Crippen LogP contribution in [0.4, 0.5) is 17.3 Å². The third kappa shape index (κ3) is 5.01. The molecule has 0 bridgehead atoms. The number of hydrogen-bond acceptors (Lipinski definition) is 7. The van der Waals surface area contributed by atoms with Crippen molar-refractivity contribution in [2.45, 2.75) is 39.2 Å². The summed E-state index contributed by atoms with van der Waals surface area (Å²) in [5, 5.41) is 10.0. The number of fused-ring (bicyclic) bond motifs is 1. The fourth-order valence-electron chi connectivity index (χ4n) is 4.18. The summed E-state index contributed by atoms with van der Waals surface area (Å²) >= 11 is 1.75. The van der Waals surface area contributed by atoms with Crippen molar-refractivity contribution in [3.8, 4) is 11.4 Å². The zero-order valence-electron chi connectivity index (χ0n) is 20.8. The number of aromatic nitrogens is 5. The normalized spacial score (nSPS) is 15.1. The lowest BCUT2D eigenvalue weighted by molar-refractivity contribution is 0.483. The highest BCUT2D eigenvalue weighted by Gasteiger charge is 2.26. The summed E-state index contributed by atoms with van der Waals surface area (Å²) in [6, 6.07) is 9.10. The molecule has 1 aliphatic rings. The van der Waals surface area contributed by atoms with Crippen LogP contribution in [0.3, 0.4) is 0 Å². The van der Waals surface area contributed by atoms with Crippen LogP contribution in [0.15, 0.2) is 49.1 Å². The Morgan fingerprint density at radius 3 is 2.47 bits per heavy atom. The molecule has 0 spiro atoms. The number of anilines is 3. The lowest BCUT2D eigenvalue weighted by atomic mass is 9.94. The van der Waals surface area contributed by atoms with E-state index < -0.39 is 0 Å². The quantitative estimate of drug-likeness (QED) is 0.387. The van der Waals surface area contributed by atoms with Gasteiger partial charge >= 0.3 is 0 Å². The second kappa shape index (κ2) is 10.4. The molecule has 34 heavy (non-hydrogen) atoms. The summed E-state index contributed by atoms with van der Waals surface area (Å²) < 4.78 is 1.74. The topological polar surface area (TPSA) is 71.8 Å². The van der Waals surface area contributed by atoms with E-state index >= 15 is 0 Å². The molecule has 1 unspecified atom stereocenters. The van der Waals surface area contributed by atoms with Crippen LogP contribution in [0.25, 0.3) is 22.2 Å². The zero-order valence-corrected chi connectivity index (χ0v) is 21.6. The lowest BCUT2D eigenvalue weighted by Crippen LogP contribution is -2.45. The summed E-state index contributed by atoms with van der Waals surface area (Å²) in [5.74, 6) is 2.55. The van der Waals surface area contributed by atoms with E-state index in [4.69, 9.17) is 4.98 Å². The van der Waals surface area contributed by atoms with Crippen molar-refractivity contribution < 1.29 is 0 Å². The molecule has 1 aromatic carbocycles. The maximum atomic E-state index is 4.72. The number of nitrogens with one attached hydrogen (secondary N) is 1. The van der Waals surface area contributed by atoms with Gasteiger partial charge in [-0.3, -0.25) is 4.68 Å². The van der Waals surface area contributed by atoms with Crippen molar-refractivity contribution in [3.63, 3.8) is 0 Å². The van der Waals surface area contributed by atoms with Gasteiger partial charge in [-0.2, -0.15) is 16.9 Å². The van der Waals surface area contributed by atoms with Gasteiger partial charge in [-0.05, 0) is 60.9 Å². The monoisotopic (exact) mass is 475 g/mol. The Morgan fingerprint density at radius 1 is 1.06 bits per heavy atom. The highest BCUT2D eigenvalue weighted by molar-refractivity contribution is 7.97. The SMILES string of the molecule is CC(C)c1ccc(N2CCC2C)c2cnc(Nc3ccnc(-c4cnn(C)c4)n3)cc12.CSC. The summed E-state index contributed by atoms with van der Waals surface area (Å²) in [7, 11) is 1.88. The molecule has 178 valence electrons. The van der Waals surface area contributed by atoms with Crippen molar-refractivity contribution in [2.24, 2.45) is 7.05 Å². The van der Waals surface area contributed by atoms with Gasteiger partial charge in [-0.15, -0.1) is 0 Å². The van der Waals surface area contributed by atoms with E-state index in [-0.39, 0.29) is 0 Å². The minimum Gasteiger partial charge on any atom is -0.368 e. The van der Waals surface area contributed by atoms with E-state index in [1.165, 1.54) is 28.4 Å². The number of hydrogen-bond donors (Lipinski definition) is 1. The van der Waals surface area contributed by atoms with E-state index in [9.17, 15) is 0 Å². The first kappa shape index (κ1) is 24.0. The molecule has 3 aromatic heterocycles. The van der Waals surface area contributed by atoms with Gasteiger partial charge in [0.2, 0.25) is 0 Å². The summed E-state index contributed by atoms with van der Waals surface area (Å²) in [6.07, 6.45) is 12.7. The van der Waals surface area contributed by atoms with E-state index in [0.29, 0.717) is 23.6 Å². The second-order valence-electron chi connectivity index (χ2n) is 8.98. The predicted octanol–water partition coefficient (Wildman–Crippen LogP) is 5.87.